The standard InChI is InChI=1S/C26H32ClN3O/c1-30(2)26(21-6-4-3-5-7-21)22-13-8-19(9-14-22)12-17-25-28-24(29-31-25)18-20-10-15-23(27)16-11-20/h3-7,10-11,15-16,19,22,26H,8-9,12-14,17-18H2,1-2H3. The smallest absolute Gasteiger partial charge is 0.226 e. The van der Waals surface area contributed by atoms with Gasteiger partial charge in [0.15, 0.2) is 5.82 Å². The minimum absolute atomic E-state index is 0.508. The van der Waals surface area contributed by atoms with Crippen molar-refractivity contribution in [1.82, 2.24) is 15.0 Å². The molecular weight excluding hydrogens is 406 g/mol. The fourth-order valence-electron chi connectivity index (χ4n) is 5.01. The van der Waals surface area contributed by atoms with Gasteiger partial charge in [-0.2, -0.15) is 4.98 Å². The highest BCUT2D eigenvalue weighted by Gasteiger charge is 2.30. The second kappa shape index (κ2) is 10.4. The number of halogens is 1. The Morgan fingerprint density at radius 2 is 1.71 bits per heavy atom. The molecule has 0 N–H and O–H groups in total. The van der Waals surface area contributed by atoms with Gasteiger partial charge in [0.2, 0.25) is 5.89 Å². The van der Waals surface area contributed by atoms with E-state index in [-0.39, 0.29) is 0 Å². The van der Waals surface area contributed by atoms with Crippen LogP contribution in [0.2, 0.25) is 5.02 Å². The van der Waals surface area contributed by atoms with Crippen LogP contribution in [0.5, 0.6) is 0 Å². The predicted molar refractivity (Wildman–Crippen MR) is 125 cm³/mol. The van der Waals surface area contributed by atoms with Crippen LogP contribution < -0.4 is 0 Å². The second-order valence-electron chi connectivity index (χ2n) is 9.05. The van der Waals surface area contributed by atoms with E-state index in [1.807, 2.05) is 24.3 Å². The van der Waals surface area contributed by atoms with E-state index in [0.29, 0.717) is 12.5 Å². The Balaban J connectivity index is 1.26. The fraction of sp³-hybridized carbons (Fsp3) is 0.462. The third-order valence-electron chi connectivity index (χ3n) is 6.59. The van der Waals surface area contributed by atoms with Gasteiger partial charge in [0.05, 0.1) is 0 Å². The van der Waals surface area contributed by atoms with Gasteiger partial charge >= 0.3 is 0 Å². The number of rotatable bonds is 8. The summed E-state index contributed by atoms with van der Waals surface area (Å²) in [5.41, 5.74) is 2.58. The van der Waals surface area contributed by atoms with Crippen molar-refractivity contribution in [2.45, 2.75) is 51.0 Å². The average Bonchev–Trinajstić information content (AvgIpc) is 3.23. The summed E-state index contributed by atoms with van der Waals surface area (Å²) >= 11 is 5.95. The summed E-state index contributed by atoms with van der Waals surface area (Å²) in [6.45, 7) is 0. The van der Waals surface area contributed by atoms with E-state index >= 15 is 0 Å². The molecule has 5 heteroatoms. The second-order valence-corrected chi connectivity index (χ2v) is 9.48. The Morgan fingerprint density at radius 1 is 1.00 bits per heavy atom. The Hall–Kier alpha value is -2.17. The van der Waals surface area contributed by atoms with Gasteiger partial charge in [-0.05, 0) is 68.5 Å². The van der Waals surface area contributed by atoms with E-state index in [2.05, 4.69) is 59.5 Å². The maximum absolute atomic E-state index is 5.95. The van der Waals surface area contributed by atoms with Crippen molar-refractivity contribution in [1.29, 1.82) is 0 Å². The van der Waals surface area contributed by atoms with Gasteiger partial charge < -0.3 is 9.42 Å². The highest BCUT2D eigenvalue weighted by atomic mass is 35.5. The monoisotopic (exact) mass is 437 g/mol. The van der Waals surface area contributed by atoms with Crippen LogP contribution in [0, 0.1) is 11.8 Å². The van der Waals surface area contributed by atoms with E-state index in [9.17, 15) is 0 Å². The molecule has 2 aromatic carbocycles. The van der Waals surface area contributed by atoms with Crippen LogP contribution in [0.1, 0.15) is 61.0 Å². The number of aromatic nitrogens is 2. The Morgan fingerprint density at radius 3 is 2.39 bits per heavy atom. The number of hydrogen-bond acceptors (Lipinski definition) is 4. The molecule has 164 valence electrons. The summed E-state index contributed by atoms with van der Waals surface area (Å²) in [6.07, 6.45) is 7.83. The molecule has 1 aromatic heterocycles. The van der Waals surface area contributed by atoms with Crippen molar-refractivity contribution in [2.24, 2.45) is 11.8 Å². The fourth-order valence-corrected chi connectivity index (χ4v) is 5.14. The first-order valence-corrected chi connectivity index (χ1v) is 11.7. The van der Waals surface area contributed by atoms with Crippen LogP contribution >= 0.6 is 11.6 Å². The first kappa shape index (κ1) is 22.0. The van der Waals surface area contributed by atoms with Crippen molar-refractivity contribution in [3.63, 3.8) is 0 Å². The number of nitrogens with zero attached hydrogens (tertiary/aromatic N) is 3. The van der Waals surface area contributed by atoms with Gasteiger partial charge in [-0.15, -0.1) is 0 Å². The van der Waals surface area contributed by atoms with Crippen molar-refractivity contribution in [3.8, 4) is 0 Å². The van der Waals surface area contributed by atoms with E-state index in [4.69, 9.17) is 16.1 Å². The van der Waals surface area contributed by atoms with Crippen LogP contribution in [0.4, 0.5) is 0 Å². The Kier molecular flexibility index (Phi) is 7.41. The minimum Gasteiger partial charge on any atom is -0.339 e. The third kappa shape index (κ3) is 5.96. The molecule has 3 aromatic rings. The molecule has 1 aliphatic rings. The van der Waals surface area contributed by atoms with Gasteiger partial charge in [-0.25, -0.2) is 0 Å². The normalized spacial score (nSPS) is 20.1. The molecule has 1 aliphatic carbocycles. The first-order chi connectivity index (χ1) is 15.1. The predicted octanol–water partition coefficient (Wildman–Crippen LogP) is 6.36. The number of aryl methyl sites for hydroxylation is 1. The maximum atomic E-state index is 5.95. The molecule has 4 nitrogen and oxygen atoms in total. The molecular formula is C26H32ClN3O. The molecule has 0 aliphatic heterocycles. The van der Waals surface area contributed by atoms with Gasteiger partial charge in [0.25, 0.3) is 0 Å². The molecule has 31 heavy (non-hydrogen) atoms. The van der Waals surface area contributed by atoms with Crippen molar-refractivity contribution >= 4 is 11.6 Å². The van der Waals surface area contributed by atoms with E-state index in [1.165, 1.54) is 31.2 Å². The molecule has 1 heterocycles. The van der Waals surface area contributed by atoms with Gasteiger partial charge in [0.1, 0.15) is 0 Å². The maximum Gasteiger partial charge on any atom is 0.226 e. The van der Waals surface area contributed by atoms with Crippen LogP contribution in [0.25, 0.3) is 0 Å². The zero-order chi connectivity index (χ0) is 21.6. The number of hydrogen-bond donors (Lipinski definition) is 0. The summed E-state index contributed by atoms with van der Waals surface area (Å²) in [5, 5.41) is 4.90. The van der Waals surface area contributed by atoms with Crippen molar-refractivity contribution in [3.05, 3.63) is 82.5 Å². The van der Waals surface area contributed by atoms with E-state index in [1.54, 1.807) is 0 Å². The molecule has 1 fully saturated rings. The molecule has 1 saturated carbocycles. The zero-order valence-corrected chi connectivity index (χ0v) is 19.3. The molecule has 0 saturated heterocycles. The quantitative estimate of drug-likeness (QED) is 0.411. The van der Waals surface area contributed by atoms with E-state index in [0.717, 1.165) is 47.0 Å². The molecule has 0 spiro atoms. The topological polar surface area (TPSA) is 42.2 Å². The van der Waals surface area contributed by atoms with Gasteiger partial charge in [-0.1, -0.05) is 72.1 Å². The Bertz CT molecular complexity index is 931. The lowest BCUT2D eigenvalue weighted by atomic mass is 9.75. The van der Waals surface area contributed by atoms with Crippen LogP contribution in [-0.2, 0) is 12.8 Å². The lowest BCUT2D eigenvalue weighted by molar-refractivity contribution is 0.145. The molecule has 4 rings (SSSR count). The summed E-state index contributed by atoms with van der Waals surface area (Å²) in [4.78, 5) is 6.99. The van der Waals surface area contributed by atoms with Gasteiger partial charge in [0, 0.05) is 23.9 Å². The average molecular weight is 438 g/mol. The highest BCUT2D eigenvalue weighted by Crippen LogP contribution is 2.40. The summed E-state index contributed by atoms with van der Waals surface area (Å²) in [6, 6.07) is 19.3. The van der Waals surface area contributed by atoms with Gasteiger partial charge in [-0.3, -0.25) is 0 Å². The van der Waals surface area contributed by atoms with E-state index < -0.39 is 0 Å². The molecule has 1 atom stereocenters. The largest absolute Gasteiger partial charge is 0.339 e. The van der Waals surface area contributed by atoms with Crippen molar-refractivity contribution in [2.75, 3.05) is 14.1 Å². The minimum atomic E-state index is 0.508. The summed E-state index contributed by atoms with van der Waals surface area (Å²) < 4.78 is 5.51. The Labute approximate surface area is 190 Å². The van der Waals surface area contributed by atoms with Crippen LogP contribution in [0.15, 0.2) is 59.1 Å². The molecule has 0 radical (unpaired) electrons. The lowest BCUT2D eigenvalue weighted by Gasteiger charge is -2.37. The molecule has 0 bridgehead atoms. The van der Waals surface area contributed by atoms with Crippen LogP contribution in [0.3, 0.4) is 0 Å². The summed E-state index contributed by atoms with van der Waals surface area (Å²) in [7, 11) is 4.42. The highest BCUT2D eigenvalue weighted by molar-refractivity contribution is 6.30. The lowest BCUT2D eigenvalue weighted by Crippen LogP contribution is -2.30. The number of benzene rings is 2. The molecule has 1 unspecified atom stereocenters. The van der Waals surface area contributed by atoms with Crippen molar-refractivity contribution < 1.29 is 4.52 Å². The summed E-state index contributed by atoms with van der Waals surface area (Å²) in [5.74, 6) is 2.99. The first-order valence-electron chi connectivity index (χ1n) is 11.4. The zero-order valence-electron chi connectivity index (χ0n) is 18.5. The van der Waals surface area contributed by atoms with Crippen LogP contribution in [-0.4, -0.2) is 29.1 Å². The molecule has 0 amide bonds. The SMILES string of the molecule is CN(C)C(c1ccccc1)C1CCC(CCc2nc(Cc3ccc(Cl)cc3)no2)CC1. The third-order valence-corrected chi connectivity index (χ3v) is 6.84.